The molecule has 1 aromatic heterocycles. The molecular formula is C16H17FN2O2. The number of rotatable bonds is 5. The van der Waals surface area contributed by atoms with Crippen molar-refractivity contribution >= 4 is 5.91 Å². The van der Waals surface area contributed by atoms with Gasteiger partial charge in [-0.15, -0.1) is 0 Å². The van der Waals surface area contributed by atoms with Gasteiger partial charge in [0.2, 0.25) is 5.88 Å². The molecule has 1 amide bonds. The summed E-state index contributed by atoms with van der Waals surface area (Å²) in [4.78, 5) is 18.0. The van der Waals surface area contributed by atoms with Crippen molar-refractivity contribution in [3.05, 3.63) is 59.5 Å². The second kappa shape index (κ2) is 6.83. The average molecular weight is 288 g/mol. The molecule has 1 heterocycles. The zero-order valence-electron chi connectivity index (χ0n) is 12.0. The highest BCUT2D eigenvalue weighted by atomic mass is 19.1. The molecule has 0 N–H and O–H groups in total. The Kier molecular flexibility index (Phi) is 4.87. The van der Waals surface area contributed by atoms with E-state index >= 15 is 0 Å². The number of hydrogen-bond acceptors (Lipinski definition) is 3. The number of ether oxygens (including phenoxy) is 1. The minimum Gasteiger partial charge on any atom is -0.477 e. The number of halogens is 1. The molecule has 0 atom stereocenters. The maximum absolute atomic E-state index is 13.2. The van der Waals surface area contributed by atoms with Gasteiger partial charge in [0.05, 0.1) is 6.61 Å². The fraction of sp³-hybridized carbons (Fsp3) is 0.250. The molecule has 0 saturated heterocycles. The summed E-state index contributed by atoms with van der Waals surface area (Å²) in [6.07, 6.45) is 1.58. The molecule has 4 nitrogen and oxygen atoms in total. The topological polar surface area (TPSA) is 42.4 Å². The first-order valence-electron chi connectivity index (χ1n) is 6.69. The van der Waals surface area contributed by atoms with Gasteiger partial charge in [-0.1, -0.05) is 12.1 Å². The molecule has 110 valence electrons. The first-order valence-corrected chi connectivity index (χ1v) is 6.69. The van der Waals surface area contributed by atoms with Crippen LogP contribution in [0.3, 0.4) is 0 Å². The third-order valence-corrected chi connectivity index (χ3v) is 2.94. The highest BCUT2D eigenvalue weighted by Crippen LogP contribution is 2.17. The molecule has 0 saturated carbocycles. The van der Waals surface area contributed by atoms with Gasteiger partial charge in [-0.2, -0.15) is 0 Å². The third-order valence-electron chi connectivity index (χ3n) is 2.94. The fourth-order valence-corrected chi connectivity index (χ4v) is 1.99. The second-order valence-corrected chi connectivity index (χ2v) is 4.58. The molecule has 0 fully saturated rings. The Morgan fingerprint density at radius 2 is 2.14 bits per heavy atom. The van der Waals surface area contributed by atoms with E-state index in [9.17, 15) is 9.18 Å². The number of pyridine rings is 1. The Bertz CT molecular complexity index is 631. The van der Waals surface area contributed by atoms with Crippen molar-refractivity contribution in [1.82, 2.24) is 9.88 Å². The number of hydrogen-bond donors (Lipinski definition) is 0. The minimum absolute atomic E-state index is 0.212. The lowest BCUT2D eigenvalue weighted by atomic mass is 10.2. The van der Waals surface area contributed by atoms with Crippen LogP contribution in [0.15, 0.2) is 42.6 Å². The fourth-order valence-electron chi connectivity index (χ4n) is 1.99. The van der Waals surface area contributed by atoms with Crippen LogP contribution in [0.1, 0.15) is 22.8 Å². The first-order chi connectivity index (χ1) is 10.1. The Morgan fingerprint density at radius 1 is 1.33 bits per heavy atom. The summed E-state index contributed by atoms with van der Waals surface area (Å²) in [7, 11) is 1.66. The largest absolute Gasteiger partial charge is 0.477 e. The van der Waals surface area contributed by atoms with Crippen LogP contribution in [0, 0.1) is 5.82 Å². The molecule has 5 heteroatoms. The predicted molar refractivity (Wildman–Crippen MR) is 77.6 cm³/mol. The summed E-state index contributed by atoms with van der Waals surface area (Å²) >= 11 is 0. The maximum Gasteiger partial charge on any atom is 0.259 e. The van der Waals surface area contributed by atoms with E-state index in [2.05, 4.69) is 4.98 Å². The van der Waals surface area contributed by atoms with E-state index in [1.54, 1.807) is 37.5 Å². The summed E-state index contributed by atoms with van der Waals surface area (Å²) in [6.45, 7) is 2.58. The zero-order chi connectivity index (χ0) is 15.2. The first kappa shape index (κ1) is 15.0. The van der Waals surface area contributed by atoms with Crippen LogP contribution < -0.4 is 4.74 Å². The van der Waals surface area contributed by atoms with Gasteiger partial charge in [-0.05, 0) is 36.8 Å². The van der Waals surface area contributed by atoms with Crippen molar-refractivity contribution in [2.75, 3.05) is 13.7 Å². The van der Waals surface area contributed by atoms with Gasteiger partial charge >= 0.3 is 0 Å². The predicted octanol–water partition coefficient (Wildman–Crippen LogP) is 2.89. The van der Waals surface area contributed by atoms with Crippen molar-refractivity contribution in [2.24, 2.45) is 0 Å². The van der Waals surface area contributed by atoms with Crippen molar-refractivity contribution < 1.29 is 13.9 Å². The van der Waals surface area contributed by atoms with E-state index in [0.717, 1.165) is 5.56 Å². The molecule has 21 heavy (non-hydrogen) atoms. The van der Waals surface area contributed by atoms with Crippen molar-refractivity contribution in [2.45, 2.75) is 13.5 Å². The van der Waals surface area contributed by atoms with E-state index in [1.807, 2.05) is 6.92 Å². The van der Waals surface area contributed by atoms with Crippen LogP contribution in [0.25, 0.3) is 0 Å². The van der Waals surface area contributed by atoms with Crippen LogP contribution in [0.4, 0.5) is 4.39 Å². The number of amides is 1. The number of carbonyl (C=O) groups excluding carboxylic acids is 1. The van der Waals surface area contributed by atoms with Gasteiger partial charge in [0.15, 0.2) is 0 Å². The van der Waals surface area contributed by atoms with Gasteiger partial charge in [0, 0.05) is 19.8 Å². The van der Waals surface area contributed by atoms with Crippen LogP contribution in [0.5, 0.6) is 5.88 Å². The number of nitrogens with zero attached hydrogens (tertiary/aromatic N) is 2. The van der Waals surface area contributed by atoms with Crippen molar-refractivity contribution in [3.63, 3.8) is 0 Å². The maximum atomic E-state index is 13.2. The lowest BCUT2D eigenvalue weighted by Gasteiger charge is -2.18. The second-order valence-electron chi connectivity index (χ2n) is 4.58. The van der Waals surface area contributed by atoms with Gasteiger partial charge in [-0.3, -0.25) is 4.79 Å². The minimum atomic E-state index is -0.315. The molecule has 2 rings (SSSR count). The summed E-state index contributed by atoms with van der Waals surface area (Å²) in [6, 6.07) is 9.54. The highest BCUT2D eigenvalue weighted by Gasteiger charge is 2.17. The summed E-state index contributed by atoms with van der Waals surface area (Å²) in [5.41, 5.74) is 1.13. The number of aromatic nitrogens is 1. The normalized spacial score (nSPS) is 10.2. The summed E-state index contributed by atoms with van der Waals surface area (Å²) < 4.78 is 18.5. The van der Waals surface area contributed by atoms with Crippen molar-refractivity contribution in [3.8, 4) is 5.88 Å². The van der Waals surface area contributed by atoms with Gasteiger partial charge in [0.1, 0.15) is 11.4 Å². The lowest BCUT2D eigenvalue weighted by molar-refractivity contribution is 0.0779. The molecule has 0 aliphatic rings. The molecule has 0 radical (unpaired) electrons. The van der Waals surface area contributed by atoms with Crippen LogP contribution in [-0.2, 0) is 6.54 Å². The molecule has 0 unspecified atom stereocenters. The number of carbonyl (C=O) groups is 1. The number of benzene rings is 1. The summed E-state index contributed by atoms with van der Waals surface area (Å²) in [5.74, 6) is -0.211. The summed E-state index contributed by atoms with van der Waals surface area (Å²) in [5, 5.41) is 0. The van der Waals surface area contributed by atoms with E-state index in [0.29, 0.717) is 24.6 Å². The molecule has 0 aliphatic heterocycles. The van der Waals surface area contributed by atoms with Crippen molar-refractivity contribution in [1.29, 1.82) is 0 Å². The SMILES string of the molecule is CCOc1ncccc1C(=O)N(C)Cc1cccc(F)c1. The average Bonchev–Trinajstić information content (AvgIpc) is 2.47. The zero-order valence-corrected chi connectivity index (χ0v) is 12.0. The van der Waals surface area contributed by atoms with E-state index in [1.165, 1.54) is 17.0 Å². The van der Waals surface area contributed by atoms with Crippen LogP contribution in [0.2, 0.25) is 0 Å². The van der Waals surface area contributed by atoms with E-state index in [-0.39, 0.29) is 11.7 Å². The third kappa shape index (κ3) is 3.78. The van der Waals surface area contributed by atoms with E-state index < -0.39 is 0 Å². The van der Waals surface area contributed by atoms with E-state index in [4.69, 9.17) is 4.74 Å². The molecule has 0 aliphatic carbocycles. The Balaban J connectivity index is 2.16. The smallest absolute Gasteiger partial charge is 0.259 e. The Morgan fingerprint density at radius 3 is 2.86 bits per heavy atom. The highest BCUT2D eigenvalue weighted by molar-refractivity contribution is 5.96. The molecule has 2 aromatic rings. The van der Waals surface area contributed by atoms with Gasteiger partial charge in [0.25, 0.3) is 5.91 Å². The van der Waals surface area contributed by atoms with Crippen LogP contribution in [-0.4, -0.2) is 29.4 Å². The van der Waals surface area contributed by atoms with Gasteiger partial charge < -0.3 is 9.64 Å². The van der Waals surface area contributed by atoms with Crippen LogP contribution >= 0.6 is 0 Å². The monoisotopic (exact) mass is 288 g/mol. The molecule has 0 bridgehead atoms. The lowest BCUT2D eigenvalue weighted by Crippen LogP contribution is -2.27. The molecule has 0 spiro atoms. The standard InChI is InChI=1S/C16H17FN2O2/c1-3-21-15-14(8-5-9-18-15)16(20)19(2)11-12-6-4-7-13(17)10-12/h4-10H,3,11H2,1-2H3. The molecular weight excluding hydrogens is 271 g/mol. The molecule has 1 aromatic carbocycles. The Labute approximate surface area is 123 Å². The quantitative estimate of drug-likeness (QED) is 0.849. The Hall–Kier alpha value is -2.43. The van der Waals surface area contributed by atoms with Gasteiger partial charge in [-0.25, -0.2) is 9.37 Å².